The van der Waals surface area contributed by atoms with Gasteiger partial charge in [0.25, 0.3) is 11.8 Å². The quantitative estimate of drug-likeness (QED) is 0.0535. The van der Waals surface area contributed by atoms with Crippen LogP contribution in [-0.2, 0) is 38.2 Å². The lowest BCUT2D eigenvalue weighted by Crippen LogP contribution is -2.30. The predicted octanol–water partition coefficient (Wildman–Crippen LogP) is 5.05. The van der Waals surface area contributed by atoms with Crippen molar-refractivity contribution in [3.05, 3.63) is 24.3 Å². The molecule has 2 rings (SSSR count). The molecule has 10 heteroatoms. The van der Waals surface area contributed by atoms with Crippen LogP contribution in [0.4, 0.5) is 0 Å². The molecule has 5 unspecified atom stereocenters. The van der Waals surface area contributed by atoms with Gasteiger partial charge in [-0.15, -0.1) is 0 Å². The fourth-order valence-corrected chi connectivity index (χ4v) is 6.55. The van der Waals surface area contributed by atoms with E-state index in [2.05, 4.69) is 20.8 Å². The molecular weight excluding hydrogens is 576 g/mol. The van der Waals surface area contributed by atoms with Crippen LogP contribution < -0.4 is 0 Å². The standard InChI is InChI=1S/C35H54N2O8/c1-5-29(21-26(2)24-44-34(42)14-9-7-11-19-37-32(40)16-17-33(37)41)30-23-28(22-27(30)3)25-45-35(43)15-8-6-10-18-36(4)31(39)13-12-20-38/h12-13,16-17,20,26-30H,5-11,14-15,18-19,21-25H2,1-4H3/b13-12-. The highest BCUT2D eigenvalue weighted by molar-refractivity contribution is 6.12. The van der Waals surface area contributed by atoms with Crippen molar-refractivity contribution >= 4 is 35.9 Å². The first-order valence-electron chi connectivity index (χ1n) is 16.8. The average Bonchev–Trinajstić information content (AvgIpc) is 3.55. The van der Waals surface area contributed by atoms with Crippen molar-refractivity contribution in [2.24, 2.45) is 29.6 Å². The van der Waals surface area contributed by atoms with Gasteiger partial charge in [0.1, 0.15) is 6.29 Å². The molecule has 1 aliphatic carbocycles. The van der Waals surface area contributed by atoms with E-state index in [9.17, 15) is 28.8 Å². The fraction of sp³-hybridized carbons (Fsp3) is 0.714. The Balaban J connectivity index is 1.58. The highest BCUT2D eigenvalue weighted by Crippen LogP contribution is 2.43. The number of allylic oxidation sites excluding steroid dienone is 1. The summed E-state index contributed by atoms with van der Waals surface area (Å²) in [5.74, 6) is 1.14. The lowest BCUT2D eigenvalue weighted by atomic mass is 9.78. The number of likely N-dealkylation sites (N-methyl/N-ethyl adjacent to an activating group) is 1. The van der Waals surface area contributed by atoms with Crippen LogP contribution in [0.1, 0.15) is 97.8 Å². The molecule has 0 saturated heterocycles. The van der Waals surface area contributed by atoms with Crippen LogP contribution >= 0.6 is 0 Å². The van der Waals surface area contributed by atoms with Crippen LogP contribution in [0.2, 0.25) is 0 Å². The Morgan fingerprint density at radius 1 is 0.978 bits per heavy atom. The average molecular weight is 631 g/mol. The summed E-state index contributed by atoms with van der Waals surface area (Å²) in [7, 11) is 1.69. The second kappa shape index (κ2) is 20.7. The second-order valence-electron chi connectivity index (χ2n) is 12.9. The number of hydrogen-bond donors (Lipinski definition) is 0. The molecule has 0 aromatic carbocycles. The highest BCUT2D eigenvalue weighted by atomic mass is 16.5. The Morgan fingerprint density at radius 3 is 2.27 bits per heavy atom. The van der Waals surface area contributed by atoms with Gasteiger partial charge in [-0.3, -0.25) is 33.7 Å². The van der Waals surface area contributed by atoms with Crippen molar-refractivity contribution in [1.82, 2.24) is 9.80 Å². The Labute approximate surface area is 268 Å². The zero-order chi connectivity index (χ0) is 33.2. The van der Waals surface area contributed by atoms with Crippen molar-refractivity contribution in [2.75, 3.05) is 33.4 Å². The molecule has 0 N–H and O–H groups in total. The molecule has 1 saturated carbocycles. The van der Waals surface area contributed by atoms with Gasteiger partial charge in [-0.25, -0.2) is 0 Å². The molecule has 0 bridgehead atoms. The second-order valence-corrected chi connectivity index (χ2v) is 12.9. The van der Waals surface area contributed by atoms with E-state index < -0.39 is 0 Å². The Morgan fingerprint density at radius 2 is 1.62 bits per heavy atom. The third kappa shape index (κ3) is 14.1. The number of nitrogens with zero attached hydrogens (tertiary/aromatic N) is 2. The van der Waals surface area contributed by atoms with E-state index in [4.69, 9.17) is 9.47 Å². The smallest absolute Gasteiger partial charge is 0.305 e. The van der Waals surface area contributed by atoms with E-state index in [0.29, 0.717) is 81.9 Å². The van der Waals surface area contributed by atoms with E-state index in [1.54, 1.807) is 11.9 Å². The lowest BCUT2D eigenvalue weighted by Gasteiger charge is -2.28. The first-order valence-corrected chi connectivity index (χ1v) is 16.8. The van der Waals surface area contributed by atoms with E-state index in [1.807, 2.05) is 0 Å². The number of aldehydes is 1. The van der Waals surface area contributed by atoms with Crippen LogP contribution in [0.5, 0.6) is 0 Å². The zero-order valence-electron chi connectivity index (χ0n) is 27.7. The SMILES string of the molecule is CCC(CC(C)COC(=O)CCCCCN1C(=O)C=CC1=O)C1CC(COC(=O)CCCCCN(C)C(=O)/C=C\C=O)CC1C. The summed E-state index contributed by atoms with van der Waals surface area (Å²) in [6.45, 7) is 8.47. The largest absolute Gasteiger partial charge is 0.465 e. The zero-order valence-corrected chi connectivity index (χ0v) is 27.7. The number of carbonyl (C=O) groups excluding carboxylic acids is 6. The first-order chi connectivity index (χ1) is 21.5. The van der Waals surface area contributed by atoms with Gasteiger partial charge in [0, 0.05) is 51.2 Å². The van der Waals surface area contributed by atoms with Crippen molar-refractivity contribution in [3.63, 3.8) is 0 Å². The monoisotopic (exact) mass is 630 g/mol. The number of amides is 3. The molecule has 1 heterocycles. The van der Waals surface area contributed by atoms with Gasteiger partial charge in [0.15, 0.2) is 0 Å². The number of ether oxygens (including phenoxy) is 2. The van der Waals surface area contributed by atoms with E-state index >= 15 is 0 Å². The lowest BCUT2D eigenvalue weighted by molar-refractivity contribution is -0.146. The van der Waals surface area contributed by atoms with Gasteiger partial charge in [0.05, 0.1) is 13.2 Å². The van der Waals surface area contributed by atoms with Crippen molar-refractivity contribution in [3.8, 4) is 0 Å². The van der Waals surface area contributed by atoms with Gasteiger partial charge >= 0.3 is 11.9 Å². The Hall–Kier alpha value is -3.30. The Bertz CT molecular complexity index is 1040. The summed E-state index contributed by atoms with van der Waals surface area (Å²) in [5.41, 5.74) is 0. The molecule has 0 radical (unpaired) electrons. The summed E-state index contributed by atoms with van der Waals surface area (Å²) in [6, 6.07) is 0. The molecule has 3 amide bonds. The molecular formula is C35H54N2O8. The van der Waals surface area contributed by atoms with Crippen LogP contribution in [-0.4, -0.2) is 79.1 Å². The van der Waals surface area contributed by atoms with Crippen LogP contribution in [0, 0.1) is 29.6 Å². The molecule has 5 atom stereocenters. The van der Waals surface area contributed by atoms with Gasteiger partial charge in [-0.1, -0.05) is 40.0 Å². The normalized spacial score (nSPS) is 20.9. The van der Waals surface area contributed by atoms with E-state index in [-0.39, 0.29) is 35.6 Å². The van der Waals surface area contributed by atoms with Gasteiger partial charge in [0.2, 0.25) is 5.91 Å². The Kier molecular flexibility index (Phi) is 17.4. The third-order valence-corrected chi connectivity index (χ3v) is 9.12. The molecule has 252 valence electrons. The third-order valence-electron chi connectivity index (χ3n) is 9.12. The minimum Gasteiger partial charge on any atom is -0.465 e. The summed E-state index contributed by atoms with van der Waals surface area (Å²) >= 11 is 0. The molecule has 2 aliphatic rings. The van der Waals surface area contributed by atoms with Crippen LogP contribution in [0.25, 0.3) is 0 Å². The number of carbonyl (C=O) groups is 6. The molecule has 0 spiro atoms. The maximum atomic E-state index is 12.3. The maximum absolute atomic E-state index is 12.3. The predicted molar refractivity (Wildman–Crippen MR) is 170 cm³/mol. The van der Waals surface area contributed by atoms with Gasteiger partial charge in [-0.2, -0.15) is 0 Å². The number of hydrogen-bond acceptors (Lipinski definition) is 8. The summed E-state index contributed by atoms with van der Waals surface area (Å²) in [5, 5.41) is 0. The van der Waals surface area contributed by atoms with Crippen molar-refractivity contribution in [2.45, 2.75) is 97.8 Å². The molecule has 10 nitrogen and oxygen atoms in total. The molecule has 1 aliphatic heterocycles. The number of imide groups is 1. The highest BCUT2D eigenvalue weighted by Gasteiger charge is 2.36. The molecule has 0 aromatic heterocycles. The van der Waals surface area contributed by atoms with Crippen LogP contribution in [0.15, 0.2) is 24.3 Å². The summed E-state index contributed by atoms with van der Waals surface area (Å²) in [6.07, 6.45) is 14.9. The van der Waals surface area contributed by atoms with Gasteiger partial charge in [-0.05, 0) is 80.6 Å². The van der Waals surface area contributed by atoms with E-state index in [1.165, 1.54) is 29.2 Å². The molecule has 0 aromatic rings. The van der Waals surface area contributed by atoms with Crippen molar-refractivity contribution in [1.29, 1.82) is 0 Å². The van der Waals surface area contributed by atoms with Crippen LogP contribution in [0.3, 0.4) is 0 Å². The number of unbranched alkanes of at least 4 members (excludes halogenated alkanes) is 4. The van der Waals surface area contributed by atoms with E-state index in [0.717, 1.165) is 51.4 Å². The van der Waals surface area contributed by atoms with Crippen molar-refractivity contribution < 1.29 is 38.2 Å². The molecule has 1 fully saturated rings. The topological polar surface area (TPSA) is 127 Å². The number of rotatable bonds is 22. The van der Waals surface area contributed by atoms with Gasteiger partial charge < -0.3 is 14.4 Å². The minimum atomic E-state index is -0.272. The number of esters is 2. The maximum Gasteiger partial charge on any atom is 0.305 e. The molecule has 45 heavy (non-hydrogen) atoms. The first kappa shape index (κ1) is 37.9. The minimum absolute atomic E-state index is 0.166. The summed E-state index contributed by atoms with van der Waals surface area (Å²) in [4.78, 5) is 72.6. The summed E-state index contributed by atoms with van der Waals surface area (Å²) < 4.78 is 11.2. The fourth-order valence-electron chi connectivity index (χ4n) is 6.55.